The number of ether oxygens (including phenoxy) is 1. The highest BCUT2D eigenvalue weighted by Gasteiger charge is 2.13. The molecule has 17 heavy (non-hydrogen) atoms. The molecule has 0 spiro atoms. The van der Waals surface area contributed by atoms with Gasteiger partial charge in [-0.25, -0.2) is 0 Å². The molecule has 0 bridgehead atoms. The van der Waals surface area contributed by atoms with E-state index in [0.717, 1.165) is 6.42 Å². The second-order valence-electron chi connectivity index (χ2n) is 3.83. The summed E-state index contributed by atoms with van der Waals surface area (Å²) in [7, 11) is 1.51. The van der Waals surface area contributed by atoms with Gasteiger partial charge in [0.1, 0.15) is 5.75 Å². The van der Waals surface area contributed by atoms with Crippen molar-refractivity contribution >= 4 is 11.6 Å². The van der Waals surface area contributed by atoms with Crippen LogP contribution in [0.4, 0.5) is 5.69 Å². The number of rotatable bonds is 4. The molecule has 1 unspecified atom stereocenters. The standard InChI is InChI=1S/C13H16N2O2/c1-4-9(2)13(16)15-11-6-5-10(8-14)7-12(11)17-3/h5-7,9H,4H2,1-3H3,(H,15,16). The monoisotopic (exact) mass is 232 g/mol. The van der Waals surface area contributed by atoms with Crippen LogP contribution in [0.1, 0.15) is 25.8 Å². The summed E-state index contributed by atoms with van der Waals surface area (Å²) in [5.41, 5.74) is 1.10. The van der Waals surface area contributed by atoms with Crippen molar-refractivity contribution in [3.8, 4) is 11.8 Å². The van der Waals surface area contributed by atoms with Gasteiger partial charge in [-0.15, -0.1) is 0 Å². The van der Waals surface area contributed by atoms with Crippen LogP contribution in [0.3, 0.4) is 0 Å². The van der Waals surface area contributed by atoms with Gasteiger partial charge in [0.05, 0.1) is 24.4 Å². The molecule has 0 aliphatic rings. The molecule has 4 nitrogen and oxygen atoms in total. The molecule has 1 amide bonds. The van der Waals surface area contributed by atoms with E-state index in [4.69, 9.17) is 10.00 Å². The lowest BCUT2D eigenvalue weighted by atomic mass is 10.1. The van der Waals surface area contributed by atoms with Crippen LogP contribution in [0.2, 0.25) is 0 Å². The number of carbonyl (C=O) groups excluding carboxylic acids is 1. The molecule has 1 aromatic carbocycles. The van der Waals surface area contributed by atoms with Crippen molar-refractivity contribution in [2.24, 2.45) is 5.92 Å². The molecule has 0 fully saturated rings. The van der Waals surface area contributed by atoms with Gasteiger partial charge in [-0.05, 0) is 18.6 Å². The quantitative estimate of drug-likeness (QED) is 0.867. The number of hydrogen-bond donors (Lipinski definition) is 1. The largest absolute Gasteiger partial charge is 0.495 e. The zero-order valence-electron chi connectivity index (χ0n) is 10.3. The molecule has 0 radical (unpaired) electrons. The van der Waals surface area contributed by atoms with E-state index in [0.29, 0.717) is 17.0 Å². The van der Waals surface area contributed by atoms with Gasteiger partial charge < -0.3 is 10.1 Å². The smallest absolute Gasteiger partial charge is 0.227 e. The fraction of sp³-hybridized carbons (Fsp3) is 0.385. The van der Waals surface area contributed by atoms with E-state index < -0.39 is 0 Å². The summed E-state index contributed by atoms with van der Waals surface area (Å²) < 4.78 is 5.14. The highest BCUT2D eigenvalue weighted by Crippen LogP contribution is 2.25. The zero-order chi connectivity index (χ0) is 12.8. The number of nitrogens with zero attached hydrogens (tertiary/aromatic N) is 1. The van der Waals surface area contributed by atoms with Gasteiger partial charge in [-0.1, -0.05) is 13.8 Å². The summed E-state index contributed by atoms with van der Waals surface area (Å²) in [5.74, 6) is 0.409. The van der Waals surface area contributed by atoms with Crippen molar-refractivity contribution in [1.82, 2.24) is 0 Å². The third-order valence-corrected chi connectivity index (χ3v) is 2.65. The lowest BCUT2D eigenvalue weighted by Crippen LogP contribution is -2.20. The Morgan fingerprint density at radius 1 is 1.59 bits per heavy atom. The Bertz CT molecular complexity index is 449. The molecule has 1 aromatic rings. The lowest BCUT2D eigenvalue weighted by molar-refractivity contribution is -0.119. The second-order valence-corrected chi connectivity index (χ2v) is 3.83. The summed E-state index contributed by atoms with van der Waals surface area (Å²) >= 11 is 0. The Kier molecular flexibility index (Phi) is 4.53. The molecule has 1 rings (SSSR count). The molecular weight excluding hydrogens is 216 g/mol. The van der Waals surface area contributed by atoms with Gasteiger partial charge in [0.2, 0.25) is 5.91 Å². The van der Waals surface area contributed by atoms with Gasteiger partial charge >= 0.3 is 0 Å². The molecule has 90 valence electrons. The van der Waals surface area contributed by atoms with Crippen molar-refractivity contribution in [2.75, 3.05) is 12.4 Å². The molecule has 0 aromatic heterocycles. The maximum Gasteiger partial charge on any atom is 0.227 e. The summed E-state index contributed by atoms with van der Waals surface area (Å²) in [6.45, 7) is 3.83. The number of methoxy groups -OCH3 is 1. The van der Waals surface area contributed by atoms with Crippen LogP contribution in [0, 0.1) is 17.2 Å². The van der Waals surface area contributed by atoms with E-state index >= 15 is 0 Å². The van der Waals surface area contributed by atoms with Crippen molar-refractivity contribution in [3.05, 3.63) is 23.8 Å². The van der Waals surface area contributed by atoms with Crippen LogP contribution in [0.5, 0.6) is 5.75 Å². The Morgan fingerprint density at radius 3 is 2.82 bits per heavy atom. The molecule has 0 aliphatic heterocycles. The Morgan fingerprint density at radius 2 is 2.29 bits per heavy atom. The van der Waals surface area contributed by atoms with Crippen molar-refractivity contribution < 1.29 is 9.53 Å². The van der Waals surface area contributed by atoms with Crippen LogP contribution in [0.25, 0.3) is 0 Å². The number of carbonyl (C=O) groups is 1. The van der Waals surface area contributed by atoms with E-state index in [9.17, 15) is 4.79 Å². The minimum atomic E-state index is -0.0460. The highest BCUT2D eigenvalue weighted by molar-refractivity contribution is 5.93. The first-order valence-electron chi connectivity index (χ1n) is 5.51. The zero-order valence-corrected chi connectivity index (χ0v) is 10.3. The van der Waals surface area contributed by atoms with Gasteiger partial charge in [0.25, 0.3) is 0 Å². The fourth-order valence-corrected chi connectivity index (χ4v) is 1.31. The summed E-state index contributed by atoms with van der Waals surface area (Å²) in [6, 6.07) is 6.95. The SMILES string of the molecule is CCC(C)C(=O)Nc1ccc(C#N)cc1OC. The predicted octanol–water partition coefficient (Wildman–Crippen LogP) is 2.55. The molecular formula is C13H16N2O2. The average molecular weight is 232 g/mol. The van der Waals surface area contributed by atoms with Crippen molar-refractivity contribution in [1.29, 1.82) is 5.26 Å². The third kappa shape index (κ3) is 3.22. The van der Waals surface area contributed by atoms with Crippen LogP contribution in [-0.4, -0.2) is 13.0 Å². The summed E-state index contributed by atoms with van der Waals surface area (Å²) in [5, 5.41) is 11.6. The third-order valence-electron chi connectivity index (χ3n) is 2.65. The van der Waals surface area contributed by atoms with E-state index in [-0.39, 0.29) is 11.8 Å². The minimum absolute atomic E-state index is 0.0458. The maximum absolute atomic E-state index is 11.7. The first-order valence-corrected chi connectivity index (χ1v) is 5.51. The first-order chi connectivity index (χ1) is 8.12. The topological polar surface area (TPSA) is 62.1 Å². The second kappa shape index (κ2) is 5.90. The Labute approximate surface area is 101 Å². The molecule has 0 aliphatic carbocycles. The van der Waals surface area contributed by atoms with Crippen LogP contribution < -0.4 is 10.1 Å². The van der Waals surface area contributed by atoms with Gasteiger partial charge in [-0.2, -0.15) is 5.26 Å². The van der Waals surface area contributed by atoms with E-state index in [1.54, 1.807) is 18.2 Å². The van der Waals surface area contributed by atoms with Gasteiger partial charge in [-0.3, -0.25) is 4.79 Å². The molecule has 0 heterocycles. The van der Waals surface area contributed by atoms with E-state index in [2.05, 4.69) is 5.32 Å². The number of nitriles is 1. The van der Waals surface area contributed by atoms with E-state index in [1.165, 1.54) is 7.11 Å². The number of amides is 1. The minimum Gasteiger partial charge on any atom is -0.495 e. The number of nitrogens with one attached hydrogen (secondary N) is 1. The number of anilines is 1. The summed E-state index contributed by atoms with van der Waals surface area (Å²) in [6.07, 6.45) is 0.782. The maximum atomic E-state index is 11.7. The average Bonchev–Trinajstić information content (AvgIpc) is 2.37. The van der Waals surface area contributed by atoms with Crippen LogP contribution in [0.15, 0.2) is 18.2 Å². The predicted molar refractivity (Wildman–Crippen MR) is 65.8 cm³/mol. The molecule has 0 saturated carbocycles. The first kappa shape index (κ1) is 13.0. The van der Waals surface area contributed by atoms with Gasteiger partial charge in [0.15, 0.2) is 0 Å². The molecule has 1 N–H and O–H groups in total. The fourth-order valence-electron chi connectivity index (χ4n) is 1.31. The van der Waals surface area contributed by atoms with Crippen LogP contribution >= 0.6 is 0 Å². The molecule has 4 heteroatoms. The normalized spacial score (nSPS) is 11.4. The summed E-state index contributed by atoms with van der Waals surface area (Å²) in [4.78, 5) is 11.7. The highest BCUT2D eigenvalue weighted by atomic mass is 16.5. The lowest BCUT2D eigenvalue weighted by Gasteiger charge is -2.13. The van der Waals surface area contributed by atoms with Gasteiger partial charge in [0, 0.05) is 12.0 Å². The molecule has 1 atom stereocenters. The van der Waals surface area contributed by atoms with Crippen molar-refractivity contribution in [3.63, 3.8) is 0 Å². The Balaban J connectivity index is 2.92. The number of benzene rings is 1. The van der Waals surface area contributed by atoms with Crippen LogP contribution in [-0.2, 0) is 4.79 Å². The van der Waals surface area contributed by atoms with E-state index in [1.807, 2.05) is 19.9 Å². The Hall–Kier alpha value is -2.02. The van der Waals surface area contributed by atoms with Crippen molar-refractivity contribution in [2.45, 2.75) is 20.3 Å². The number of hydrogen-bond acceptors (Lipinski definition) is 3. The molecule has 0 saturated heterocycles.